The molecule has 0 unspecified atom stereocenters. The first-order valence-corrected chi connectivity index (χ1v) is 2.37. The summed E-state index contributed by atoms with van der Waals surface area (Å²) in [6, 6.07) is -0.722. The van der Waals surface area contributed by atoms with Crippen LogP contribution in [0, 0.1) is 0 Å². The van der Waals surface area contributed by atoms with E-state index in [4.69, 9.17) is 21.1 Å². The van der Waals surface area contributed by atoms with Crippen LogP contribution in [0.2, 0.25) is 0 Å². The van der Waals surface area contributed by atoms with Crippen LogP contribution in [0.15, 0.2) is 0 Å². The lowest BCUT2D eigenvalue weighted by atomic mass is 10.2. The van der Waals surface area contributed by atoms with Crippen molar-refractivity contribution in [3.8, 4) is 0 Å². The Labute approximate surface area is 47.6 Å². The second kappa shape index (κ2) is 3.80. The lowest BCUT2D eigenvalue weighted by Gasteiger charge is -2.12. The number of hydrogen-bond donors (Lipinski definition) is 4. The number of rotatable bonds is 3. The second-order valence-corrected chi connectivity index (χ2v) is 1.60. The van der Waals surface area contributed by atoms with Gasteiger partial charge < -0.3 is 21.1 Å². The minimum atomic E-state index is -1.00. The van der Waals surface area contributed by atoms with Crippen molar-refractivity contribution in [2.45, 2.75) is 12.1 Å². The quantitative estimate of drug-likeness (QED) is 0.337. The van der Waals surface area contributed by atoms with E-state index in [1.807, 2.05) is 0 Å². The van der Waals surface area contributed by atoms with Crippen molar-refractivity contribution in [3.63, 3.8) is 0 Å². The van der Waals surface area contributed by atoms with Crippen molar-refractivity contribution >= 4 is 0 Å². The molecule has 0 spiro atoms. The Morgan fingerprint density at radius 2 is 1.75 bits per heavy atom. The van der Waals surface area contributed by atoms with E-state index >= 15 is 0 Å². The number of nitrogens with two attached hydrogens (primary N) is 1. The highest BCUT2D eigenvalue weighted by Gasteiger charge is 2.10. The van der Waals surface area contributed by atoms with Gasteiger partial charge >= 0.3 is 0 Å². The predicted octanol–water partition coefficient (Wildman–Crippen LogP) is -2.34. The van der Waals surface area contributed by atoms with Crippen LogP contribution in [0.25, 0.3) is 0 Å². The van der Waals surface area contributed by atoms with Crippen LogP contribution in [0.5, 0.6) is 0 Å². The van der Waals surface area contributed by atoms with Crippen LogP contribution in [0.4, 0.5) is 0 Å². The van der Waals surface area contributed by atoms with E-state index in [0.29, 0.717) is 0 Å². The third-order valence-electron chi connectivity index (χ3n) is 0.892. The van der Waals surface area contributed by atoms with Crippen molar-refractivity contribution < 1.29 is 15.3 Å². The van der Waals surface area contributed by atoms with E-state index in [2.05, 4.69) is 0 Å². The molecule has 0 saturated heterocycles. The summed E-state index contributed by atoms with van der Waals surface area (Å²) >= 11 is 0. The molecule has 0 heterocycles. The summed E-state index contributed by atoms with van der Waals surface area (Å²) in [6.07, 6.45) is -1.00. The van der Waals surface area contributed by atoms with Gasteiger partial charge in [0.1, 0.15) is 0 Å². The first-order valence-electron chi connectivity index (χ1n) is 2.37. The Balaban J connectivity index is 3.29. The van der Waals surface area contributed by atoms with E-state index in [1.54, 1.807) is 0 Å². The van der Waals surface area contributed by atoms with Crippen molar-refractivity contribution in [2.24, 2.45) is 5.73 Å². The first kappa shape index (κ1) is 7.84. The van der Waals surface area contributed by atoms with Crippen molar-refractivity contribution in [3.05, 3.63) is 0 Å². The minimum Gasteiger partial charge on any atom is -0.395 e. The van der Waals surface area contributed by atoms with Gasteiger partial charge in [-0.05, 0) is 0 Å². The molecular formula is C4H11NO3. The van der Waals surface area contributed by atoms with Crippen LogP contribution < -0.4 is 5.73 Å². The van der Waals surface area contributed by atoms with Gasteiger partial charge in [0.2, 0.25) is 0 Å². The molecule has 0 radical (unpaired) electrons. The highest BCUT2D eigenvalue weighted by molar-refractivity contribution is 4.68. The zero-order chi connectivity index (χ0) is 6.57. The van der Waals surface area contributed by atoms with Crippen LogP contribution in [0.3, 0.4) is 0 Å². The fourth-order valence-electron chi connectivity index (χ4n) is 0.257. The van der Waals surface area contributed by atoms with Gasteiger partial charge in [0.25, 0.3) is 0 Å². The average Bonchev–Trinajstić information content (AvgIpc) is 1.84. The minimum absolute atomic E-state index is 0.304. The van der Waals surface area contributed by atoms with Crippen LogP contribution in [0.1, 0.15) is 0 Å². The molecule has 0 fully saturated rings. The molecule has 0 amide bonds. The number of aliphatic hydroxyl groups excluding tert-OH is 3. The molecule has 2 atom stereocenters. The normalized spacial score (nSPS) is 18.0. The molecule has 0 aliphatic heterocycles. The maximum Gasteiger partial charge on any atom is 0.0943 e. The summed E-state index contributed by atoms with van der Waals surface area (Å²) in [5.41, 5.74) is 5.07. The molecule has 0 saturated carbocycles. The largest absolute Gasteiger partial charge is 0.395 e. The van der Waals surface area contributed by atoms with E-state index < -0.39 is 18.8 Å². The lowest BCUT2D eigenvalue weighted by molar-refractivity contribution is 0.0549. The van der Waals surface area contributed by atoms with Gasteiger partial charge in [-0.3, -0.25) is 0 Å². The third-order valence-corrected chi connectivity index (χ3v) is 0.892. The zero-order valence-electron chi connectivity index (χ0n) is 4.49. The summed E-state index contributed by atoms with van der Waals surface area (Å²) in [6.45, 7) is -0.705. The summed E-state index contributed by atoms with van der Waals surface area (Å²) in [5, 5.41) is 25.0. The Kier molecular flexibility index (Phi) is 3.72. The Bertz CT molecular complexity index is 51.2. The SMILES string of the molecule is N[C@@H](CO)[C@H](O)CO. The average molecular weight is 121 g/mol. The number of aliphatic hydroxyl groups is 3. The van der Waals surface area contributed by atoms with E-state index in [-0.39, 0.29) is 6.61 Å². The smallest absolute Gasteiger partial charge is 0.0943 e. The highest BCUT2D eigenvalue weighted by atomic mass is 16.3. The van der Waals surface area contributed by atoms with E-state index in [1.165, 1.54) is 0 Å². The van der Waals surface area contributed by atoms with E-state index in [9.17, 15) is 0 Å². The predicted molar refractivity (Wildman–Crippen MR) is 28.2 cm³/mol. The molecule has 5 N–H and O–H groups in total. The molecule has 0 aromatic heterocycles. The molecular weight excluding hydrogens is 110 g/mol. The summed E-state index contributed by atoms with van der Waals surface area (Å²) < 4.78 is 0. The fraction of sp³-hybridized carbons (Fsp3) is 1.00. The molecule has 0 rings (SSSR count). The van der Waals surface area contributed by atoms with Crippen molar-refractivity contribution in [2.75, 3.05) is 13.2 Å². The van der Waals surface area contributed by atoms with Gasteiger partial charge in [-0.25, -0.2) is 0 Å². The van der Waals surface area contributed by atoms with Crippen LogP contribution in [-0.2, 0) is 0 Å². The van der Waals surface area contributed by atoms with Gasteiger partial charge in [0.05, 0.1) is 25.4 Å². The van der Waals surface area contributed by atoms with Gasteiger partial charge in [-0.2, -0.15) is 0 Å². The molecule has 50 valence electrons. The van der Waals surface area contributed by atoms with Gasteiger partial charge in [0.15, 0.2) is 0 Å². The highest BCUT2D eigenvalue weighted by Crippen LogP contribution is 1.84. The molecule has 0 aliphatic rings. The zero-order valence-corrected chi connectivity index (χ0v) is 4.49. The van der Waals surface area contributed by atoms with Crippen LogP contribution >= 0.6 is 0 Å². The summed E-state index contributed by atoms with van der Waals surface area (Å²) in [4.78, 5) is 0. The molecule has 4 heteroatoms. The second-order valence-electron chi connectivity index (χ2n) is 1.60. The molecule has 4 nitrogen and oxygen atoms in total. The Morgan fingerprint density at radius 1 is 1.25 bits per heavy atom. The van der Waals surface area contributed by atoms with Gasteiger partial charge in [0, 0.05) is 0 Å². The number of hydrogen-bond acceptors (Lipinski definition) is 4. The maximum absolute atomic E-state index is 8.59. The van der Waals surface area contributed by atoms with Gasteiger partial charge in [-0.1, -0.05) is 0 Å². The van der Waals surface area contributed by atoms with Crippen LogP contribution in [-0.4, -0.2) is 40.7 Å². The summed E-state index contributed by atoms with van der Waals surface area (Å²) in [7, 11) is 0. The first-order chi connectivity index (χ1) is 3.72. The third kappa shape index (κ3) is 2.23. The molecule has 0 aliphatic carbocycles. The maximum atomic E-state index is 8.59. The molecule has 8 heavy (non-hydrogen) atoms. The lowest BCUT2D eigenvalue weighted by Crippen LogP contribution is -2.39. The Morgan fingerprint density at radius 3 is 1.88 bits per heavy atom. The Hall–Kier alpha value is -0.160. The summed E-state index contributed by atoms with van der Waals surface area (Å²) in [5.74, 6) is 0. The van der Waals surface area contributed by atoms with Gasteiger partial charge in [-0.15, -0.1) is 0 Å². The molecule has 0 aromatic rings. The van der Waals surface area contributed by atoms with Crippen molar-refractivity contribution in [1.29, 1.82) is 0 Å². The molecule has 0 bridgehead atoms. The van der Waals surface area contributed by atoms with E-state index in [0.717, 1.165) is 0 Å². The monoisotopic (exact) mass is 121 g/mol. The topological polar surface area (TPSA) is 86.7 Å². The van der Waals surface area contributed by atoms with Crippen molar-refractivity contribution in [1.82, 2.24) is 0 Å². The molecule has 0 aromatic carbocycles. The fourth-order valence-corrected chi connectivity index (χ4v) is 0.257. The standard InChI is InChI=1S/C4H11NO3/c5-3(1-6)4(8)2-7/h3-4,6-8H,1-2,5H2/t3-,4+/m0/s1.